The first-order chi connectivity index (χ1) is 10.7. The number of nitrogens with zero attached hydrogens (tertiary/aromatic N) is 4. The fourth-order valence-corrected chi connectivity index (χ4v) is 2.82. The van der Waals surface area contributed by atoms with Crippen molar-refractivity contribution >= 4 is 11.5 Å². The van der Waals surface area contributed by atoms with Gasteiger partial charge in [0.25, 0.3) is 0 Å². The molecule has 1 aromatic carbocycles. The van der Waals surface area contributed by atoms with Crippen LogP contribution in [0.5, 0.6) is 0 Å². The van der Waals surface area contributed by atoms with E-state index in [1.807, 2.05) is 19.1 Å². The summed E-state index contributed by atoms with van der Waals surface area (Å²) in [5, 5.41) is 11.9. The largest absolute Gasteiger partial charge is 0.384 e. The van der Waals surface area contributed by atoms with Crippen LogP contribution in [-0.4, -0.2) is 26.3 Å². The van der Waals surface area contributed by atoms with Crippen LogP contribution in [0, 0.1) is 6.92 Å². The van der Waals surface area contributed by atoms with Crippen LogP contribution >= 0.6 is 0 Å². The molecule has 0 radical (unpaired) electrons. The summed E-state index contributed by atoms with van der Waals surface area (Å²) in [6.45, 7) is 2.82. The van der Waals surface area contributed by atoms with Crippen molar-refractivity contribution in [2.24, 2.45) is 0 Å². The number of nitrogens with two attached hydrogens (primary N) is 1. The number of hydrogen-bond acceptors (Lipinski definition) is 5. The second-order valence-corrected chi connectivity index (χ2v) is 5.38. The number of fused-ring (bicyclic) bond motifs is 3. The maximum Gasteiger partial charge on any atom is 0.139 e. The average Bonchev–Trinajstić information content (AvgIpc) is 2.79. The molecule has 4 rings (SSSR count). The molecule has 6 nitrogen and oxygen atoms in total. The number of nitrogen functional groups attached to an aromatic ring is 1. The van der Waals surface area contributed by atoms with Gasteiger partial charge in [-0.05, 0) is 36.8 Å². The normalized spacial score (nSPS) is 13.0. The van der Waals surface area contributed by atoms with Crippen LogP contribution in [0.4, 0.5) is 11.5 Å². The number of anilines is 2. The summed E-state index contributed by atoms with van der Waals surface area (Å²) in [6, 6.07) is 10.1. The van der Waals surface area contributed by atoms with E-state index in [4.69, 9.17) is 5.73 Å². The highest BCUT2D eigenvalue weighted by Gasteiger charge is 2.17. The van der Waals surface area contributed by atoms with E-state index in [0.717, 1.165) is 47.1 Å². The summed E-state index contributed by atoms with van der Waals surface area (Å²) >= 11 is 0. The summed E-state index contributed by atoms with van der Waals surface area (Å²) in [5.41, 5.74) is 9.97. The molecule has 3 N–H and O–H groups in total. The predicted octanol–water partition coefficient (Wildman–Crippen LogP) is 2.19. The van der Waals surface area contributed by atoms with Crippen LogP contribution in [0.15, 0.2) is 36.5 Å². The van der Waals surface area contributed by atoms with Gasteiger partial charge in [-0.1, -0.05) is 6.07 Å². The van der Waals surface area contributed by atoms with Gasteiger partial charge in [0, 0.05) is 24.7 Å². The second kappa shape index (κ2) is 4.84. The van der Waals surface area contributed by atoms with Crippen LogP contribution in [0.1, 0.15) is 11.6 Å². The lowest BCUT2D eigenvalue weighted by Crippen LogP contribution is -2.03. The van der Waals surface area contributed by atoms with E-state index in [9.17, 15) is 0 Å². The van der Waals surface area contributed by atoms with Crippen molar-refractivity contribution in [2.45, 2.75) is 13.3 Å². The molecule has 0 bridgehead atoms. The molecule has 0 spiro atoms. The molecule has 0 fully saturated rings. The third kappa shape index (κ3) is 2.00. The summed E-state index contributed by atoms with van der Waals surface area (Å²) in [6.07, 6.45) is 2.65. The molecule has 110 valence electrons. The van der Waals surface area contributed by atoms with Crippen molar-refractivity contribution in [1.82, 2.24) is 19.7 Å². The highest BCUT2D eigenvalue weighted by Crippen LogP contribution is 2.30. The number of nitrogens with one attached hydrogen (secondary N) is 1. The maximum atomic E-state index is 5.65. The fourth-order valence-electron chi connectivity index (χ4n) is 2.82. The molecule has 1 aliphatic rings. The highest BCUT2D eigenvalue weighted by atomic mass is 15.3. The molecule has 3 heterocycles. The van der Waals surface area contributed by atoms with E-state index in [0.29, 0.717) is 5.82 Å². The third-order valence-corrected chi connectivity index (χ3v) is 3.91. The Kier molecular flexibility index (Phi) is 2.82. The molecular weight excluding hydrogens is 276 g/mol. The van der Waals surface area contributed by atoms with Gasteiger partial charge in [-0.2, -0.15) is 0 Å². The minimum Gasteiger partial charge on any atom is -0.384 e. The number of rotatable bonds is 1. The molecular formula is C16H16N6. The SMILES string of the molecule is Cc1nnc2n1-c1ccc(-c3ccc(N)nc3)cc1NCC2. The number of aromatic nitrogens is 4. The van der Waals surface area contributed by atoms with Crippen LogP contribution < -0.4 is 11.1 Å². The van der Waals surface area contributed by atoms with Crippen molar-refractivity contribution in [2.75, 3.05) is 17.6 Å². The Labute approximate surface area is 128 Å². The van der Waals surface area contributed by atoms with Crippen molar-refractivity contribution in [1.29, 1.82) is 0 Å². The molecule has 6 heteroatoms. The van der Waals surface area contributed by atoms with Crippen LogP contribution in [0.3, 0.4) is 0 Å². The number of benzene rings is 1. The smallest absolute Gasteiger partial charge is 0.139 e. The summed E-state index contributed by atoms with van der Waals surface area (Å²) < 4.78 is 2.11. The van der Waals surface area contributed by atoms with E-state index in [2.05, 4.69) is 43.3 Å². The Hall–Kier alpha value is -2.89. The zero-order valence-corrected chi connectivity index (χ0v) is 12.2. The summed E-state index contributed by atoms with van der Waals surface area (Å²) in [4.78, 5) is 4.16. The number of hydrogen-bond donors (Lipinski definition) is 2. The maximum absolute atomic E-state index is 5.65. The van der Waals surface area contributed by atoms with E-state index in [1.54, 1.807) is 6.20 Å². The molecule has 3 aromatic rings. The first-order valence-electron chi connectivity index (χ1n) is 7.23. The third-order valence-electron chi connectivity index (χ3n) is 3.91. The standard InChI is InChI=1S/C16H16N6/c1-10-20-21-16-6-7-18-13-8-11(2-4-14(13)22(10)16)12-3-5-15(17)19-9-12/h2-5,8-9,18H,6-7H2,1H3,(H2,17,19). The van der Waals surface area contributed by atoms with Crippen LogP contribution in [0.2, 0.25) is 0 Å². The topological polar surface area (TPSA) is 81.7 Å². The Morgan fingerprint density at radius 2 is 2.00 bits per heavy atom. The first kappa shape index (κ1) is 12.8. The van der Waals surface area contributed by atoms with Gasteiger partial charge in [-0.25, -0.2) is 4.98 Å². The lowest BCUT2D eigenvalue weighted by atomic mass is 10.1. The quantitative estimate of drug-likeness (QED) is 0.718. The fraction of sp³-hybridized carbons (Fsp3) is 0.188. The van der Waals surface area contributed by atoms with Crippen molar-refractivity contribution in [3.63, 3.8) is 0 Å². The molecule has 0 saturated carbocycles. The molecule has 2 aromatic heterocycles. The van der Waals surface area contributed by atoms with Gasteiger partial charge < -0.3 is 11.1 Å². The number of pyridine rings is 1. The molecule has 0 saturated heterocycles. The van der Waals surface area contributed by atoms with Gasteiger partial charge in [-0.3, -0.25) is 4.57 Å². The summed E-state index contributed by atoms with van der Waals surface area (Å²) in [5.74, 6) is 2.42. The van der Waals surface area contributed by atoms with E-state index in [1.165, 1.54) is 0 Å². The van der Waals surface area contributed by atoms with Gasteiger partial charge >= 0.3 is 0 Å². The summed E-state index contributed by atoms with van der Waals surface area (Å²) in [7, 11) is 0. The van der Waals surface area contributed by atoms with Crippen molar-refractivity contribution < 1.29 is 0 Å². The van der Waals surface area contributed by atoms with Crippen LogP contribution in [0.25, 0.3) is 16.8 Å². The van der Waals surface area contributed by atoms with Gasteiger partial charge in [0.05, 0.1) is 11.4 Å². The first-order valence-corrected chi connectivity index (χ1v) is 7.23. The Morgan fingerprint density at radius 1 is 1.14 bits per heavy atom. The predicted molar refractivity (Wildman–Crippen MR) is 85.9 cm³/mol. The van der Waals surface area contributed by atoms with Crippen LogP contribution in [-0.2, 0) is 6.42 Å². The monoisotopic (exact) mass is 292 g/mol. The van der Waals surface area contributed by atoms with E-state index in [-0.39, 0.29) is 0 Å². The minimum absolute atomic E-state index is 0.529. The van der Waals surface area contributed by atoms with Gasteiger partial charge in [-0.15, -0.1) is 10.2 Å². The average molecular weight is 292 g/mol. The van der Waals surface area contributed by atoms with E-state index < -0.39 is 0 Å². The van der Waals surface area contributed by atoms with Gasteiger partial charge in [0.2, 0.25) is 0 Å². The molecule has 0 atom stereocenters. The lowest BCUT2D eigenvalue weighted by Gasteiger charge is -2.12. The van der Waals surface area contributed by atoms with Gasteiger partial charge in [0.1, 0.15) is 17.5 Å². The zero-order valence-electron chi connectivity index (χ0n) is 12.2. The van der Waals surface area contributed by atoms with E-state index >= 15 is 0 Å². The Bertz CT molecular complexity index is 834. The lowest BCUT2D eigenvalue weighted by molar-refractivity contribution is 0.866. The Balaban J connectivity index is 1.84. The van der Waals surface area contributed by atoms with Crippen molar-refractivity contribution in [3.05, 3.63) is 48.2 Å². The second-order valence-electron chi connectivity index (χ2n) is 5.38. The van der Waals surface area contributed by atoms with Gasteiger partial charge in [0.15, 0.2) is 0 Å². The molecule has 1 aliphatic heterocycles. The highest BCUT2D eigenvalue weighted by molar-refractivity contribution is 5.74. The minimum atomic E-state index is 0.529. The molecule has 0 unspecified atom stereocenters. The zero-order chi connectivity index (χ0) is 15.1. The number of aryl methyl sites for hydroxylation is 1. The Morgan fingerprint density at radius 3 is 2.82 bits per heavy atom. The molecule has 0 aliphatic carbocycles. The van der Waals surface area contributed by atoms with Crippen molar-refractivity contribution in [3.8, 4) is 16.8 Å². The molecule has 22 heavy (non-hydrogen) atoms. The molecule has 0 amide bonds.